The average Bonchev–Trinajstić information content (AvgIpc) is 2.72. The number of nitrogens with zero attached hydrogens (tertiary/aromatic N) is 1. The van der Waals surface area contributed by atoms with Gasteiger partial charge in [0.2, 0.25) is 0 Å². The summed E-state index contributed by atoms with van der Waals surface area (Å²) in [6.07, 6.45) is 4.16. The van der Waals surface area contributed by atoms with Crippen molar-refractivity contribution in [2.75, 3.05) is 13.7 Å². The van der Waals surface area contributed by atoms with E-state index in [1.54, 1.807) is 7.11 Å². The number of aromatic nitrogens is 1. The van der Waals surface area contributed by atoms with Gasteiger partial charge < -0.3 is 15.0 Å². The van der Waals surface area contributed by atoms with Gasteiger partial charge in [-0.2, -0.15) is 0 Å². The second-order valence-electron chi connectivity index (χ2n) is 4.35. The van der Waals surface area contributed by atoms with Gasteiger partial charge in [-0.25, -0.2) is 0 Å². The van der Waals surface area contributed by atoms with E-state index < -0.39 is 0 Å². The molecule has 1 aromatic carbocycles. The highest BCUT2D eigenvalue weighted by atomic mass is 35.5. The van der Waals surface area contributed by atoms with Crippen molar-refractivity contribution in [2.45, 2.75) is 26.3 Å². The van der Waals surface area contributed by atoms with E-state index in [0.29, 0.717) is 11.6 Å². The van der Waals surface area contributed by atoms with Crippen LogP contribution in [0.4, 0.5) is 0 Å². The maximum Gasteiger partial charge on any atom is 0.138 e. The maximum atomic E-state index is 6.20. The van der Waals surface area contributed by atoms with Crippen molar-refractivity contribution in [1.29, 1.82) is 0 Å². The van der Waals surface area contributed by atoms with Gasteiger partial charge in [0.05, 0.1) is 17.6 Å². The van der Waals surface area contributed by atoms with Crippen LogP contribution in [0.1, 0.15) is 18.9 Å². The summed E-state index contributed by atoms with van der Waals surface area (Å²) in [5, 5.41) is 1.87. The molecule has 0 bridgehead atoms. The number of methoxy groups -OCH3 is 1. The third kappa shape index (κ3) is 2.33. The van der Waals surface area contributed by atoms with E-state index >= 15 is 0 Å². The zero-order valence-electron chi connectivity index (χ0n) is 10.9. The topological polar surface area (TPSA) is 40.2 Å². The molecule has 0 radical (unpaired) electrons. The molecule has 0 amide bonds. The summed E-state index contributed by atoms with van der Waals surface area (Å²) in [5.41, 5.74) is 8.05. The zero-order valence-corrected chi connectivity index (χ0v) is 11.6. The van der Waals surface area contributed by atoms with Gasteiger partial charge in [-0.15, -0.1) is 0 Å². The van der Waals surface area contributed by atoms with Crippen molar-refractivity contribution in [3.8, 4) is 5.75 Å². The number of nitrogens with two attached hydrogens (primary N) is 1. The van der Waals surface area contributed by atoms with Crippen LogP contribution in [0.2, 0.25) is 5.02 Å². The van der Waals surface area contributed by atoms with Crippen LogP contribution >= 0.6 is 11.6 Å². The fraction of sp³-hybridized carbons (Fsp3) is 0.429. The number of benzene rings is 1. The van der Waals surface area contributed by atoms with Gasteiger partial charge >= 0.3 is 0 Å². The lowest BCUT2D eigenvalue weighted by Crippen LogP contribution is -2.04. The minimum absolute atomic E-state index is 0.653. The predicted molar refractivity (Wildman–Crippen MR) is 76.5 cm³/mol. The van der Waals surface area contributed by atoms with Crippen LogP contribution in [0, 0.1) is 0 Å². The Morgan fingerprint density at radius 3 is 2.78 bits per heavy atom. The molecule has 2 rings (SSSR count). The molecule has 0 aliphatic rings. The highest BCUT2D eigenvalue weighted by Crippen LogP contribution is 2.33. The minimum atomic E-state index is 0.653. The van der Waals surface area contributed by atoms with Crippen LogP contribution in [-0.4, -0.2) is 18.2 Å². The fourth-order valence-corrected chi connectivity index (χ4v) is 2.48. The van der Waals surface area contributed by atoms with E-state index in [0.717, 1.165) is 30.7 Å². The number of ether oxygens (including phenoxy) is 1. The highest BCUT2D eigenvalue weighted by molar-refractivity contribution is 6.32. The molecule has 0 atom stereocenters. The van der Waals surface area contributed by atoms with Gasteiger partial charge in [0, 0.05) is 18.1 Å². The van der Waals surface area contributed by atoms with Crippen molar-refractivity contribution in [3.05, 3.63) is 28.9 Å². The number of hydrogen-bond acceptors (Lipinski definition) is 2. The Hall–Kier alpha value is -1.19. The summed E-state index contributed by atoms with van der Waals surface area (Å²) in [6, 6.07) is 4.00. The van der Waals surface area contributed by atoms with Crippen LogP contribution in [0.5, 0.6) is 5.75 Å². The first-order valence-corrected chi connectivity index (χ1v) is 6.64. The van der Waals surface area contributed by atoms with Crippen molar-refractivity contribution >= 4 is 22.5 Å². The standard InChI is InChI=1S/C14H19ClN2O/c1-3-10-9-17(6-4-5-16)13-8-12(15)14(18-2)7-11(10)13/h7-9H,3-6,16H2,1-2H3. The molecule has 1 heterocycles. The summed E-state index contributed by atoms with van der Waals surface area (Å²) in [4.78, 5) is 0. The molecule has 0 aliphatic heterocycles. The van der Waals surface area contributed by atoms with Gasteiger partial charge in [0.25, 0.3) is 0 Å². The van der Waals surface area contributed by atoms with Crippen molar-refractivity contribution in [1.82, 2.24) is 4.57 Å². The molecule has 18 heavy (non-hydrogen) atoms. The quantitative estimate of drug-likeness (QED) is 0.903. The molecule has 0 fully saturated rings. The van der Waals surface area contributed by atoms with Crippen LogP contribution in [0.15, 0.2) is 18.3 Å². The minimum Gasteiger partial charge on any atom is -0.495 e. The average molecular weight is 267 g/mol. The first-order chi connectivity index (χ1) is 8.71. The van der Waals surface area contributed by atoms with Gasteiger partial charge in [-0.05, 0) is 37.1 Å². The monoisotopic (exact) mass is 266 g/mol. The molecular formula is C14H19ClN2O. The maximum absolute atomic E-state index is 6.20. The summed E-state index contributed by atoms with van der Waals surface area (Å²) in [6.45, 7) is 3.78. The van der Waals surface area contributed by atoms with Crippen LogP contribution in [-0.2, 0) is 13.0 Å². The lowest BCUT2D eigenvalue weighted by molar-refractivity contribution is 0.415. The highest BCUT2D eigenvalue weighted by Gasteiger charge is 2.11. The Morgan fingerprint density at radius 1 is 1.39 bits per heavy atom. The summed E-state index contributed by atoms with van der Waals surface area (Å²) in [5.74, 6) is 0.732. The van der Waals surface area contributed by atoms with Crippen molar-refractivity contribution in [3.63, 3.8) is 0 Å². The van der Waals surface area contributed by atoms with E-state index in [1.165, 1.54) is 10.9 Å². The van der Waals surface area contributed by atoms with E-state index in [9.17, 15) is 0 Å². The second-order valence-corrected chi connectivity index (χ2v) is 4.75. The number of hydrogen-bond donors (Lipinski definition) is 1. The number of halogens is 1. The second kappa shape index (κ2) is 5.63. The Balaban J connectivity index is 2.56. The number of aryl methyl sites for hydroxylation is 2. The van der Waals surface area contributed by atoms with E-state index in [2.05, 4.69) is 17.7 Å². The predicted octanol–water partition coefficient (Wildman–Crippen LogP) is 3.21. The Bertz CT molecular complexity index is 548. The van der Waals surface area contributed by atoms with E-state index in [1.807, 2.05) is 12.1 Å². The van der Waals surface area contributed by atoms with Crippen LogP contribution in [0.3, 0.4) is 0 Å². The van der Waals surface area contributed by atoms with Gasteiger partial charge in [-0.1, -0.05) is 18.5 Å². The molecule has 0 saturated heterocycles. The van der Waals surface area contributed by atoms with Crippen molar-refractivity contribution in [2.24, 2.45) is 5.73 Å². The molecule has 98 valence electrons. The van der Waals surface area contributed by atoms with Crippen LogP contribution < -0.4 is 10.5 Å². The Kier molecular flexibility index (Phi) is 4.15. The van der Waals surface area contributed by atoms with Gasteiger partial charge in [0.15, 0.2) is 0 Å². The molecule has 0 unspecified atom stereocenters. The molecule has 3 nitrogen and oxygen atoms in total. The molecule has 1 aromatic heterocycles. The zero-order chi connectivity index (χ0) is 13.1. The number of rotatable bonds is 5. The molecule has 0 saturated carbocycles. The molecule has 0 spiro atoms. The van der Waals surface area contributed by atoms with Gasteiger partial charge in [0.1, 0.15) is 5.75 Å². The third-order valence-corrected chi connectivity index (χ3v) is 3.52. The first-order valence-electron chi connectivity index (χ1n) is 6.26. The lowest BCUT2D eigenvalue weighted by Gasteiger charge is -2.07. The van der Waals surface area contributed by atoms with E-state index in [4.69, 9.17) is 22.1 Å². The Morgan fingerprint density at radius 2 is 2.17 bits per heavy atom. The van der Waals surface area contributed by atoms with Crippen LogP contribution in [0.25, 0.3) is 10.9 Å². The fourth-order valence-electron chi connectivity index (χ4n) is 2.25. The molecule has 4 heteroatoms. The number of fused-ring (bicyclic) bond motifs is 1. The normalized spacial score (nSPS) is 11.1. The third-order valence-electron chi connectivity index (χ3n) is 3.22. The summed E-state index contributed by atoms with van der Waals surface area (Å²) < 4.78 is 7.51. The molecular weight excluding hydrogens is 248 g/mol. The molecule has 0 aliphatic carbocycles. The SMILES string of the molecule is CCc1cn(CCCN)c2cc(Cl)c(OC)cc12. The Labute approximate surface area is 112 Å². The summed E-state index contributed by atoms with van der Waals surface area (Å²) in [7, 11) is 1.64. The largest absolute Gasteiger partial charge is 0.495 e. The summed E-state index contributed by atoms with van der Waals surface area (Å²) >= 11 is 6.20. The van der Waals surface area contributed by atoms with Gasteiger partial charge in [-0.3, -0.25) is 0 Å². The van der Waals surface area contributed by atoms with E-state index in [-0.39, 0.29) is 0 Å². The molecule has 2 N–H and O–H groups in total. The first kappa shape index (κ1) is 13.2. The molecule has 2 aromatic rings. The van der Waals surface area contributed by atoms with Crippen molar-refractivity contribution < 1.29 is 4.74 Å². The smallest absolute Gasteiger partial charge is 0.138 e. The lowest BCUT2D eigenvalue weighted by atomic mass is 10.1.